The van der Waals surface area contributed by atoms with Gasteiger partial charge < -0.3 is 10.5 Å². The van der Waals surface area contributed by atoms with Gasteiger partial charge in [-0.25, -0.2) is 4.58 Å². The molecule has 0 heterocycles. The normalized spacial score (nSPS) is 12.4. The van der Waals surface area contributed by atoms with Gasteiger partial charge in [-0.1, -0.05) is 26.8 Å². The predicted molar refractivity (Wildman–Crippen MR) is 75.4 cm³/mol. The quantitative estimate of drug-likeness (QED) is 0.490. The lowest BCUT2D eigenvalue weighted by atomic mass is 9.85. The second-order valence-electron chi connectivity index (χ2n) is 5.28. The third kappa shape index (κ3) is 2.70. The fourth-order valence-corrected chi connectivity index (χ4v) is 1.84. The van der Waals surface area contributed by atoms with E-state index in [4.69, 9.17) is 15.9 Å². The molecule has 1 rings (SSSR count). The maximum Gasteiger partial charge on any atom is 0.221 e. The number of nitrogens with two attached hydrogens (primary N) is 1. The van der Waals surface area contributed by atoms with Crippen molar-refractivity contribution in [1.82, 2.24) is 0 Å². The molecule has 0 amide bonds. The van der Waals surface area contributed by atoms with E-state index in [0.29, 0.717) is 0 Å². The first-order chi connectivity index (χ1) is 8.35. The van der Waals surface area contributed by atoms with Gasteiger partial charge in [0, 0.05) is 0 Å². The van der Waals surface area contributed by atoms with Crippen LogP contribution < -0.4 is 10.5 Å². The lowest BCUT2D eigenvalue weighted by Crippen LogP contribution is -2.15. The molecule has 98 valence electrons. The molecule has 0 aliphatic heterocycles. The standard InChI is InChI=1S/C14H21N3O/c1-10-6-11(14(2,3)4)7-12(13(10)18-5)17(8-15)9-16/h6-9,15-16H,1-5H3/p+1. The number of nitrogens with one attached hydrogen (secondary N) is 1. The molecule has 1 aromatic rings. The molecule has 4 nitrogen and oxygen atoms in total. The number of aryl methyl sites for hydroxylation is 1. The fraction of sp³-hybridized carbons (Fsp3) is 0.429. The summed E-state index contributed by atoms with van der Waals surface area (Å²) in [6, 6.07) is 4.13. The van der Waals surface area contributed by atoms with Crippen LogP contribution in [-0.2, 0) is 5.41 Å². The molecule has 0 fully saturated rings. The first-order valence-corrected chi connectivity index (χ1v) is 5.88. The Kier molecular flexibility index (Phi) is 4.11. The zero-order valence-corrected chi connectivity index (χ0v) is 11.7. The van der Waals surface area contributed by atoms with E-state index in [1.165, 1.54) is 18.2 Å². The molecule has 0 aliphatic rings. The third-order valence-corrected chi connectivity index (χ3v) is 2.90. The molecule has 18 heavy (non-hydrogen) atoms. The molecular weight excluding hydrogens is 226 g/mol. The highest BCUT2D eigenvalue weighted by Gasteiger charge is 2.20. The summed E-state index contributed by atoms with van der Waals surface area (Å²) in [5.74, 6) is 0.744. The lowest BCUT2D eigenvalue weighted by molar-refractivity contribution is -0.292. The van der Waals surface area contributed by atoms with E-state index >= 15 is 0 Å². The van der Waals surface area contributed by atoms with Gasteiger partial charge in [-0.05, 0) is 29.5 Å². The van der Waals surface area contributed by atoms with Crippen molar-refractivity contribution in [2.45, 2.75) is 33.1 Å². The van der Waals surface area contributed by atoms with Crippen molar-refractivity contribution in [2.24, 2.45) is 5.73 Å². The van der Waals surface area contributed by atoms with Crippen molar-refractivity contribution in [2.75, 3.05) is 7.11 Å². The van der Waals surface area contributed by atoms with E-state index in [1.54, 1.807) is 11.7 Å². The Balaban J connectivity index is 3.56. The van der Waals surface area contributed by atoms with Crippen LogP contribution in [0.5, 0.6) is 5.75 Å². The van der Waals surface area contributed by atoms with Crippen LogP contribution in [0.4, 0.5) is 5.69 Å². The number of methoxy groups -OCH3 is 1. The van der Waals surface area contributed by atoms with Crippen molar-refractivity contribution in [1.29, 1.82) is 5.41 Å². The molecule has 0 atom stereocenters. The molecule has 0 unspecified atom stereocenters. The summed E-state index contributed by atoms with van der Waals surface area (Å²) in [6.45, 7) is 8.45. The molecule has 0 saturated heterocycles. The Morgan fingerprint density at radius 3 is 2.33 bits per heavy atom. The van der Waals surface area contributed by atoms with Crippen LogP contribution in [0.15, 0.2) is 12.1 Å². The molecule has 0 aromatic heterocycles. The summed E-state index contributed by atoms with van der Waals surface area (Å²) < 4.78 is 6.95. The molecule has 0 bridgehead atoms. The van der Waals surface area contributed by atoms with Crippen molar-refractivity contribution in [3.05, 3.63) is 23.3 Å². The van der Waals surface area contributed by atoms with Gasteiger partial charge in [0.25, 0.3) is 0 Å². The van der Waals surface area contributed by atoms with Gasteiger partial charge in [0.15, 0.2) is 12.1 Å². The number of nitrogens with zero attached hydrogens (tertiary/aromatic N) is 1. The zero-order valence-electron chi connectivity index (χ0n) is 11.7. The first-order valence-electron chi connectivity index (χ1n) is 5.88. The average Bonchev–Trinajstić information content (AvgIpc) is 2.29. The fourth-order valence-electron chi connectivity index (χ4n) is 1.84. The Morgan fingerprint density at radius 1 is 1.33 bits per heavy atom. The van der Waals surface area contributed by atoms with Crippen LogP contribution in [0.1, 0.15) is 31.9 Å². The van der Waals surface area contributed by atoms with Gasteiger partial charge in [-0.2, -0.15) is 5.41 Å². The molecule has 0 radical (unpaired) electrons. The van der Waals surface area contributed by atoms with Crippen LogP contribution >= 0.6 is 0 Å². The highest BCUT2D eigenvalue weighted by Crippen LogP contribution is 2.35. The summed E-state index contributed by atoms with van der Waals surface area (Å²) in [7, 11) is 1.63. The monoisotopic (exact) mass is 248 g/mol. The second-order valence-corrected chi connectivity index (χ2v) is 5.28. The van der Waals surface area contributed by atoms with E-state index in [0.717, 1.165) is 17.0 Å². The minimum absolute atomic E-state index is 0.0358. The third-order valence-electron chi connectivity index (χ3n) is 2.90. The van der Waals surface area contributed by atoms with Crippen molar-refractivity contribution in [3.8, 4) is 5.75 Å². The summed E-state index contributed by atoms with van der Waals surface area (Å²) in [5, 5.41) is 7.40. The van der Waals surface area contributed by atoms with Gasteiger partial charge in [0.1, 0.15) is 5.69 Å². The van der Waals surface area contributed by atoms with Crippen molar-refractivity contribution in [3.63, 3.8) is 0 Å². The lowest BCUT2D eigenvalue weighted by Gasteiger charge is -2.22. The molecular formula is C14H22N3O+. The largest absolute Gasteiger partial charge is 0.493 e. The molecule has 3 N–H and O–H groups in total. The summed E-state index contributed by atoms with van der Waals surface area (Å²) >= 11 is 0. The SMILES string of the molecule is COc1c(C)cc(C(C)(C)C)cc1[N+](C=N)=CN. The molecule has 0 saturated carbocycles. The predicted octanol–water partition coefficient (Wildman–Crippen LogP) is 2.54. The number of benzene rings is 1. The maximum atomic E-state index is 7.40. The van der Waals surface area contributed by atoms with Gasteiger partial charge in [0.2, 0.25) is 6.34 Å². The highest BCUT2D eigenvalue weighted by molar-refractivity contribution is 5.65. The Hall–Kier alpha value is -1.84. The topological polar surface area (TPSA) is 62.1 Å². The Labute approximate surface area is 109 Å². The summed E-state index contributed by atoms with van der Waals surface area (Å²) in [4.78, 5) is 0. The zero-order chi connectivity index (χ0) is 13.9. The Morgan fingerprint density at radius 2 is 1.94 bits per heavy atom. The smallest absolute Gasteiger partial charge is 0.221 e. The van der Waals surface area contributed by atoms with Gasteiger partial charge >= 0.3 is 0 Å². The molecule has 4 heteroatoms. The summed E-state index contributed by atoms with van der Waals surface area (Å²) in [5.41, 5.74) is 8.59. The highest BCUT2D eigenvalue weighted by atomic mass is 16.5. The first kappa shape index (κ1) is 14.2. The van der Waals surface area contributed by atoms with Gasteiger partial charge in [-0.15, -0.1) is 0 Å². The van der Waals surface area contributed by atoms with Crippen LogP contribution in [0.3, 0.4) is 0 Å². The number of rotatable bonds is 3. The average molecular weight is 248 g/mol. The molecule has 0 aliphatic carbocycles. The van der Waals surface area contributed by atoms with Crippen LogP contribution in [0, 0.1) is 12.3 Å². The summed E-state index contributed by atoms with van der Waals surface area (Å²) in [6.07, 6.45) is 2.53. The Bertz CT molecular complexity index is 485. The van der Waals surface area contributed by atoms with Crippen LogP contribution in [-0.4, -0.2) is 24.4 Å². The second kappa shape index (κ2) is 5.21. The van der Waals surface area contributed by atoms with Crippen LogP contribution in [0.2, 0.25) is 0 Å². The van der Waals surface area contributed by atoms with Gasteiger partial charge in [-0.3, -0.25) is 0 Å². The van der Waals surface area contributed by atoms with E-state index in [1.807, 2.05) is 13.0 Å². The maximum absolute atomic E-state index is 7.40. The van der Waals surface area contributed by atoms with Crippen molar-refractivity contribution < 1.29 is 9.31 Å². The van der Waals surface area contributed by atoms with E-state index in [9.17, 15) is 0 Å². The molecule has 0 spiro atoms. The van der Waals surface area contributed by atoms with E-state index in [-0.39, 0.29) is 5.41 Å². The number of hydrogen-bond acceptors (Lipinski definition) is 2. The molecule has 1 aromatic carbocycles. The minimum Gasteiger partial charge on any atom is -0.493 e. The van der Waals surface area contributed by atoms with Crippen molar-refractivity contribution >= 4 is 18.4 Å². The van der Waals surface area contributed by atoms with E-state index in [2.05, 4.69) is 26.8 Å². The van der Waals surface area contributed by atoms with E-state index < -0.39 is 0 Å². The van der Waals surface area contributed by atoms with Gasteiger partial charge in [0.05, 0.1) is 7.11 Å². The minimum atomic E-state index is 0.0358. The van der Waals surface area contributed by atoms with Crippen LogP contribution in [0.25, 0.3) is 0 Å². The number of hydrogen-bond donors (Lipinski definition) is 2. The number of ether oxygens (including phenoxy) is 1.